The number of fused-ring (bicyclic) bond motifs is 1. The Hall–Kier alpha value is -3.34. The van der Waals surface area contributed by atoms with Crippen molar-refractivity contribution < 1.29 is 17.9 Å². The molecule has 0 saturated carbocycles. The van der Waals surface area contributed by atoms with E-state index in [-0.39, 0.29) is 16.6 Å². The van der Waals surface area contributed by atoms with E-state index < -0.39 is 10.0 Å². The molecule has 0 unspecified atom stereocenters. The first-order valence-electron chi connectivity index (χ1n) is 10.4. The molecule has 0 atom stereocenters. The Kier molecular flexibility index (Phi) is 6.92. The molecule has 10 heteroatoms. The van der Waals surface area contributed by atoms with Crippen molar-refractivity contribution in [3.8, 4) is 11.4 Å². The number of benzene rings is 3. The Bertz CT molecular complexity index is 1450. The third kappa shape index (κ3) is 4.93. The van der Waals surface area contributed by atoms with Crippen LogP contribution in [-0.4, -0.2) is 43.8 Å². The van der Waals surface area contributed by atoms with Crippen LogP contribution in [0.4, 0.5) is 5.69 Å². The zero-order valence-electron chi connectivity index (χ0n) is 18.9. The minimum Gasteiger partial charge on any atom is -0.497 e. The van der Waals surface area contributed by atoms with Crippen molar-refractivity contribution in [2.24, 2.45) is 0 Å². The molecular weight excluding hydrogens is 472 g/mol. The predicted octanol–water partition coefficient (Wildman–Crippen LogP) is 3.98. The number of methoxy groups -OCH3 is 1. The Morgan fingerprint density at radius 2 is 1.82 bits per heavy atom. The van der Waals surface area contributed by atoms with E-state index in [0.29, 0.717) is 16.4 Å². The van der Waals surface area contributed by atoms with Crippen molar-refractivity contribution in [2.75, 3.05) is 25.2 Å². The smallest absolute Gasteiger partial charge is 0.240 e. The zero-order chi connectivity index (χ0) is 24.3. The molecule has 4 rings (SSSR count). The van der Waals surface area contributed by atoms with Gasteiger partial charge in [-0.2, -0.15) is 0 Å². The van der Waals surface area contributed by atoms with Crippen LogP contribution in [0.15, 0.2) is 76.8 Å². The van der Waals surface area contributed by atoms with Gasteiger partial charge in [0.15, 0.2) is 5.16 Å². The molecule has 1 heterocycles. The number of imidazole rings is 1. The van der Waals surface area contributed by atoms with Crippen LogP contribution in [0.25, 0.3) is 16.7 Å². The number of amides is 1. The minimum absolute atomic E-state index is 0.0987. The number of para-hydroxylation sites is 2. The average molecular weight is 497 g/mol. The number of nitrogens with zero attached hydrogens (tertiary/aromatic N) is 2. The van der Waals surface area contributed by atoms with Crippen molar-refractivity contribution in [2.45, 2.75) is 17.0 Å². The van der Waals surface area contributed by atoms with Crippen LogP contribution in [0.5, 0.6) is 5.75 Å². The molecule has 0 fully saturated rings. The van der Waals surface area contributed by atoms with Crippen molar-refractivity contribution in [3.63, 3.8) is 0 Å². The van der Waals surface area contributed by atoms with Gasteiger partial charge in [-0.3, -0.25) is 9.36 Å². The van der Waals surface area contributed by atoms with Crippen molar-refractivity contribution in [1.82, 2.24) is 14.3 Å². The van der Waals surface area contributed by atoms with Crippen LogP contribution in [0.3, 0.4) is 0 Å². The van der Waals surface area contributed by atoms with Crippen LogP contribution < -0.4 is 14.8 Å². The van der Waals surface area contributed by atoms with Gasteiger partial charge < -0.3 is 10.1 Å². The molecule has 3 aromatic carbocycles. The highest BCUT2D eigenvalue weighted by Crippen LogP contribution is 2.29. The average Bonchev–Trinajstić information content (AvgIpc) is 3.22. The number of aromatic nitrogens is 2. The second-order valence-electron chi connectivity index (χ2n) is 7.44. The van der Waals surface area contributed by atoms with Crippen molar-refractivity contribution >= 4 is 44.4 Å². The molecule has 2 N–H and O–H groups in total. The lowest BCUT2D eigenvalue weighted by molar-refractivity contribution is -0.113. The predicted molar refractivity (Wildman–Crippen MR) is 134 cm³/mol. The number of nitrogens with one attached hydrogen (secondary N) is 2. The van der Waals surface area contributed by atoms with Gasteiger partial charge in [0.2, 0.25) is 15.9 Å². The zero-order valence-corrected chi connectivity index (χ0v) is 20.5. The first-order valence-corrected chi connectivity index (χ1v) is 12.9. The van der Waals surface area contributed by atoms with E-state index >= 15 is 0 Å². The fraction of sp³-hybridized carbons (Fsp3) is 0.167. The number of sulfonamides is 1. The van der Waals surface area contributed by atoms with Gasteiger partial charge in [0.05, 0.1) is 28.8 Å². The SMILES string of the molecule is CNS(=O)(=O)c1cc(NC(=O)CSc2nc3ccccc3n2-c2ccc(OC)cc2)ccc1C. The van der Waals surface area contributed by atoms with Gasteiger partial charge in [-0.05, 0) is 68.1 Å². The fourth-order valence-electron chi connectivity index (χ4n) is 3.49. The summed E-state index contributed by atoms with van der Waals surface area (Å²) in [4.78, 5) is 17.5. The maximum absolute atomic E-state index is 12.7. The quantitative estimate of drug-likeness (QED) is 0.358. The second-order valence-corrected chi connectivity index (χ2v) is 10.2. The summed E-state index contributed by atoms with van der Waals surface area (Å²) in [5.41, 5.74) is 3.65. The molecule has 0 aliphatic heterocycles. The molecule has 1 amide bonds. The maximum Gasteiger partial charge on any atom is 0.240 e. The Morgan fingerprint density at radius 3 is 2.53 bits per heavy atom. The lowest BCUT2D eigenvalue weighted by atomic mass is 10.2. The third-order valence-electron chi connectivity index (χ3n) is 5.22. The monoisotopic (exact) mass is 496 g/mol. The van der Waals surface area contributed by atoms with Crippen LogP contribution in [0.2, 0.25) is 0 Å². The largest absolute Gasteiger partial charge is 0.497 e. The van der Waals surface area contributed by atoms with Gasteiger partial charge in [-0.1, -0.05) is 30.0 Å². The Balaban J connectivity index is 1.56. The van der Waals surface area contributed by atoms with Gasteiger partial charge in [-0.25, -0.2) is 18.1 Å². The molecule has 8 nitrogen and oxygen atoms in total. The van der Waals surface area contributed by atoms with E-state index in [1.165, 1.54) is 24.9 Å². The van der Waals surface area contributed by atoms with Crippen LogP contribution in [0.1, 0.15) is 5.56 Å². The van der Waals surface area contributed by atoms with E-state index in [1.807, 2.05) is 53.1 Å². The van der Waals surface area contributed by atoms with E-state index in [2.05, 4.69) is 10.0 Å². The number of thioether (sulfide) groups is 1. The number of carbonyl (C=O) groups is 1. The van der Waals surface area contributed by atoms with Gasteiger partial charge in [0.1, 0.15) is 5.75 Å². The van der Waals surface area contributed by atoms with Gasteiger partial charge in [0.25, 0.3) is 0 Å². The highest BCUT2D eigenvalue weighted by atomic mass is 32.2. The minimum atomic E-state index is -3.63. The Morgan fingerprint density at radius 1 is 1.09 bits per heavy atom. The van der Waals surface area contributed by atoms with E-state index in [0.717, 1.165) is 22.5 Å². The molecular formula is C24H24N4O4S2. The number of hydrogen-bond donors (Lipinski definition) is 2. The summed E-state index contributed by atoms with van der Waals surface area (Å²) in [7, 11) is -0.657. The van der Waals surface area contributed by atoms with Gasteiger partial charge in [-0.15, -0.1) is 0 Å². The van der Waals surface area contributed by atoms with Crippen molar-refractivity contribution in [3.05, 3.63) is 72.3 Å². The lowest BCUT2D eigenvalue weighted by Crippen LogP contribution is -2.20. The summed E-state index contributed by atoms with van der Waals surface area (Å²) in [5.74, 6) is 0.580. The molecule has 0 aliphatic rings. The molecule has 0 aliphatic carbocycles. The summed E-state index contributed by atoms with van der Waals surface area (Å²) >= 11 is 1.30. The summed E-state index contributed by atoms with van der Waals surface area (Å²) in [6.45, 7) is 1.70. The fourth-order valence-corrected chi connectivity index (χ4v) is 5.31. The Labute approximate surface area is 202 Å². The van der Waals surface area contributed by atoms with Gasteiger partial charge in [0, 0.05) is 11.4 Å². The first kappa shape index (κ1) is 23.8. The molecule has 0 bridgehead atoms. The normalized spacial score (nSPS) is 11.5. The standard InChI is InChI=1S/C24H24N4O4S2/c1-16-8-9-17(14-22(16)34(30,31)25-2)26-23(29)15-33-24-27-20-6-4-5-7-21(20)28(24)18-10-12-19(32-3)13-11-18/h4-14,25H,15H2,1-3H3,(H,26,29). The molecule has 176 valence electrons. The molecule has 0 saturated heterocycles. The second kappa shape index (κ2) is 9.88. The summed E-state index contributed by atoms with van der Waals surface area (Å²) in [5, 5.41) is 3.45. The van der Waals surface area contributed by atoms with Crippen molar-refractivity contribution in [1.29, 1.82) is 0 Å². The lowest BCUT2D eigenvalue weighted by Gasteiger charge is -2.11. The number of aryl methyl sites for hydroxylation is 1. The molecule has 4 aromatic rings. The third-order valence-corrected chi connectivity index (χ3v) is 7.72. The van der Waals surface area contributed by atoms with Crippen LogP contribution in [0, 0.1) is 6.92 Å². The molecule has 1 aromatic heterocycles. The van der Waals surface area contributed by atoms with E-state index in [1.54, 1.807) is 26.2 Å². The highest BCUT2D eigenvalue weighted by molar-refractivity contribution is 7.99. The number of anilines is 1. The summed E-state index contributed by atoms with van der Waals surface area (Å²) < 4.78 is 34.0. The molecule has 34 heavy (non-hydrogen) atoms. The molecule has 0 spiro atoms. The topological polar surface area (TPSA) is 102 Å². The highest BCUT2D eigenvalue weighted by Gasteiger charge is 2.17. The van der Waals surface area contributed by atoms with Crippen LogP contribution in [-0.2, 0) is 14.8 Å². The summed E-state index contributed by atoms with van der Waals surface area (Å²) in [6, 6.07) is 20.2. The van der Waals surface area contributed by atoms with E-state index in [4.69, 9.17) is 9.72 Å². The molecule has 0 radical (unpaired) electrons. The number of ether oxygens (including phenoxy) is 1. The van der Waals surface area contributed by atoms with Crippen LogP contribution >= 0.6 is 11.8 Å². The van der Waals surface area contributed by atoms with Gasteiger partial charge >= 0.3 is 0 Å². The first-order chi connectivity index (χ1) is 16.3. The number of hydrogen-bond acceptors (Lipinski definition) is 6. The maximum atomic E-state index is 12.7. The number of rotatable bonds is 8. The van der Waals surface area contributed by atoms with E-state index in [9.17, 15) is 13.2 Å². The summed E-state index contributed by atoms with van der Waals surface area (Å²) in [6.07, 6.45) is 0. The number of carbonyl (C=O) groups excluding carboxylic acids is 1.